The fourth-order valence-electron chi connectivity index (χ4n) is 3.04. The van der Waals surface area contributed by atoms with Gasteiger partial charge in [-0.25, -0.2) is 5.43 Å². The molecule has 2 heterocycles. The maximum atomic E-state index is 12.5. The minimum absolute atomic E-state index is 0. The van der Waals surface area contributed by atoms with Crippen molar-refractivity contribution in [1.82, 2.24) is 21.5 Å². The number of halogens is 2. The van der Waals surface area contributed by atoms with Gasteiger partial charge in [0.05, 0.1) is 12.0 Å². The van der Waals surface area contributed by atoms with E-state index < -0.39 is 0 Å². The van der Waals surface area contributed by atoms with Crippen molar-refractivity contribution < 1.29 is 4.79 Å². The van der Waals surface area contributed by atoms with Crippen LogP contribution in [0.2, 0.25) is 5.02 Å². The van der Waals surface area contributed by atoms with Gasteiger partial charge in [0.1, 0.15) is 0 Å². The SMILES string of the molecule is Cl.O=C(NC1CCCNC1)C1CNNC1c1cccc(Cl)c1. The van der Waals surface area contributed by atoms with E-state index in [4.69, 9.17) is 11.6 Å². The average Bonchev–Trinajstić information content (AvgIpc) is 2.98. The second-order valence-corrected chi connectivity index (χ2v) is 6.15. The molecule has 0 aromatic heterocycles. The molecule has 3 rings (SSSR count). The molecule has 2 aliphatic heterocycles. The molecule has 4 N–H and O–H groups in total. The van der Waals surface area contributed by atoms with Crippen molar-refractivity contribution in [1.29, 1.82) is 0 Å². The minimum Gasteiger partial charge on any atom is -0.352 e. The molecule has 0 bridgehead atoms. The third kappa shape index (κ3) is 4.12. The monoisotopic (exact) mass is 344 g/mol. The molecule has 7 heteroatoms. The number of carbonyl (C=O) groups is 1. The number of hydrogen-bond donors (Lipinski definition) is 4. The predicted octanol–water partition coefficient (Wildman–Crippen LogP) is 1.40. The summed E-state index contributed by atoms with van der Waals surface area (Å²) in [6.07, 6.45) is 2.16. The van der Waals surface area contributed by atoms with Crippen LogP contribution >= 0.6 is 24.0 Å². The summed E-state index contributed by atoms with van der Waals surface area (Å²) < 4.78 is 0. The van der Waals surface area contributed by atoms with Gasteiger partial charge in [0.2, 0.25) is 5.91 Å². The standard InChI is InChI=1S/C15H21ClN4O.ClH/c16-11-4-1-3-10(7-11)14-13(9-18-20-14)15(21)19-12-5-2-6-17-8-12;/h1,3-4,7,12-14,17-18,20H,2,5-6,8-9H2,(H,19,21);1H. The van der Waals surface area contributed by atoms with Gasteiger partial charge in [-0.15, -0.1) is 12.4 Å². The molecule has 1 aromatic carbocycles. The average molecular weight is 345 g/mol. The van der Waals surface area contributed by atoms with Crippen LogP contribution < -0.4 is 21.5 Å². The van der Waals surface area contributed by atoms with Gasteiger partial charge < -0.3 is 10.6 Å². The fraction of sp³-hybridized carbons (Fsp3) is 0.533. The van der Waals surface area contributed by atoms with Gasteiger partial charge in [-0.2, -0.15) is 0 Å². The molecule has 2 aliphatic rings. The van der Waals surface area contributed by atoms with E-state index in [1.807, 2.05) is 24.3 Å². The fourth-order valence-corrected chi connectivity index (χ4v) is 3.24. The Morgan fingerprint density at radius 2 is 2.18 bits per heavy atom. The third-order valence-corrected chi connectivity index (χ3v) is 4.40. The first-order valence-electron chi connectivity index (χ1n) is 7.49. The molecule has 1 aromatic rings. The maximum absolute atomic E-state index is 12.5. The summed E-state index contributed by atoms with van der Waals surface area (Å²) in [5.41, 5.74) is 7.31. The van der Waals surface area contributed by atoms with Crippen LogP contribution in [0.1, 0.15) is 24.4 Å². The third-order valence-electron chi connectivity index (χ3n) is 4.17. The largest absolute Gasteiger partial charge is 0.352 e. The highest BCUT2D eigenvalue weighted by molar-refractivity contribution is 6.30. The number of benzene rings is 1. The smallest absolute Gasteiger partial charge is 0.226 e. The summed E-state index contributed by atoms with van der Waals surface area (Å²) in [7, 11) is 0. The number of hydrogen-bond acceptors (Lipinski definition) is 4. The van der Waals surface area contributed by atoms with Crippen molar-refractivity contribution in [3.8, 4) is 0 Å². The molecule has 122 valence electrons. The molecule has 0 saturated carbocycles. The first-order chi connectivity index (χ1) is 10.2. The Balaban J connectivity index is 0.00000176. The van der Waals surface area contributed by atoms with Crippen molar-refractivity contribution in [2.75, 3.05) is 19.6 Å². The van der Waals surface area contributed by atoms with E-state index >= 15 is 0 Å². The highest BCUT2D eigenvalue weighted by Crippen LogP contribution is 2.27. The molecule has 0 radical (unpaired) electrons. The lowest BCUT2D eigenvalue weighted by Crippen LogP contribution is -2.48. The normalized spacial score (nSPS) is 28.0. The van der Waals surface area contributed by atoms with Gasteiger partial charge in [0, 0.05) is 24.2 Å². The Bertz CT molecular complexity index is 508. The minimum atomic E-state index is -0.120. The van der Waals surface area contributed by atoms with Crippen LogP contribution in [0.3, 0.4) is 0 Å². The molecule has 0 aliphatic carbocycles. The summed E-state index contributed by atoms with van der Waals surface area (Å²) in [4.78, 5) is 12.5. The highest BCUT2D eigenvalue weighted by Gasteiger charge is 2.34. The summed E-state index contributed by atoms with van der Waals surface area (Å²) in [5.74, 6) is -0.0171. The van der Waals surface area contributed by atoms with Gasteiger partial charge in [-0.1, -0.05) is 23.7 Å². The molecule has 22 heavy (non-hydrogen) atoms. The summed E-state index contributed by atoms with van der Waals surface area (Å²) >= 11 is 6.05. The molecule has 1 amide bonds. The Labute approximate surface area is 141 Å². The molecule has 0 spiro atoms. The van der Waals surface area contributed by atoms with Crippen LogP contribution in [0.5, 0.6) is 0 Å². The van der Waals surface area contributed by atoms with Crippen molar-refractivity contribution >= 4 is 29.9 Å². The second kappa shape index (κ2) is 8.13. The van der Waals surface area contributed by atoms with Crippen molar-refractivity contribution in [2.24, 2.45) is 5.92 Å². The summed E-state index contributed by atoms with van der Waals surface area (Å²) in [5, 5.41) is 7.17. The molecule has 2 saturated heterocycles. The van der Waals surface area contributed by atoms with E-state index in [-0.39, 0.29) is 36.3 Å². The first kappa shape index (κ1) is 17.5. The van der Waals surface area contributed by atoms with Crippen LogP contribution in [0.15, 0.2) is 24.3 Å². The molecular weight excluding hydrogens is 323 g/mol. The number of nitrogens with one attached hydrogen (secondary N) is 4. The van der Waals surface area contributed by atoms with Crippen molar-refractivity contribution in [3.05, 3.63) is 34.9 Å². The van der Waals surface area contributed by atoms with Gasteiger partial charge >= 0.3 is 0 Å². The van der Waals surface area contributed by atoms with Crippen LogP contribution in [-0.2, 0) is 4.79 Å². The van der Waals surface area contributed by atoms with Gasteiger partial charge in [-0.05, 0) is 37.1 Å². The second-order valence-electron chi connectivity index (χ2n) is 5.72. The van der Waals surface area contributed by atoms with Crippen molar-refractivity contribution in [3.63, 3.8) is 0 Å². The molecule has 2 fully saturated rings. The predicted molar refractivity (Wildman–Crippen MR) is 90.1 cm³/mol. The molecular formula is C15H22Cl2N4O. The summed E-state index contributed by atoms with van der Waals surface area (Å²) in [6, 6.07) is 7.87. The van der Waals surface area contributed by atoms with Crippen LogP contribution in [0.4, 0.5) is 0 Å². The van der Waals surface area contributed by atoms with E-state index in [1.54, 1.807) is 0 Å². The molecule has 5 nitrogen and oxygen atoms in total. The number of hydrazine groups is 1. The topological polar surface area (TPSA) is 65.2 Å². The number of carbonyl (C=O) groups excluding carboxylic acids is 1. The zero-order chi connectivity index (χ0) is 14.7. The van der Waals surface area contributed by atoms with E-state index in [9.17, 15) is 4.79 Å². The Morgan fingerprint density at radius 1 is 1.32 bits per heavy atom. The van der Waals surface area contributed by atoms with E-state index in [0.717, 1.165) is 31.5 Å². The lowest BCUT2D eigenvalue weighted by molar-refractivity contribution is -0.125. The van der Waals surface area contributed by atoms with E-state index in [1.165, 1.54) is 0 Å². The van der Waals surface area contributed by atoms with Crippen LogP contribution in [-0.4, -0.2) is 31.6 Å². The van der Waals surface area contributed by atoms with E-state index in [0.29, 0.717) is 11.6 Å². The van der Waals surface area contributed by atoms with E-state index in [2.05, 4.69) is 21.5 Å². The number of amides is 1. The lowest BCUT2D eigenvalue weighted by Gasteiger charge is -2.26. The first-order valence-corrected chi connectivity index (χ1v) is 7.87. The lowest BCUT2D eigenvalue weighted by atomic mass is 9.93. The van der Waals surface area contributed by atoms with Gasteiger partial charge in [0.15, 0.2) is 0 Å². The number of piperidine rings is 1. The van der Waals surface area contributed by atoms with Crippen LogP contribution in [0, 0.1) is 5.92 Å². The number of rotatable bonds is 3. The van der Waals surface area contributed by atoms with Crippen molar-refractivity contribution in [2.45, 2.75) is 24.9 Å². The van der Waals surface area contributed by atoms with Crippen LogP contribution in [0.25, 0.3) is 0 Å². The quantitative estimate of drug-likeness (QED) is 0.669. The summed E-state index contributed by atoms with van der Waals surface area (Å²) in [6.45, 7) is 2.54. The zero-order valence-corrected chi connectivity index (χ0v) is 13.8. The van der Waals surface area contributed by atoms with Gasteiger partial charge in [0.25, 0.3) is 0 Å². The Kier molecular flexibility index (Phi) is 6.47. The zero-order valence-electron chi connectivity index (χ0n) is 12.3. The molecule has 3 atom stereocenters. The molecule has 3 unspecified atom stereocenters. The maximum Gasteiger partial charge on any atom is 0.226 e. The Morgan fingerprint density at radius 3 is 2.91 bits per heavy atom. The highest BCUT2D eigenvalue weighted by atomic mass is 35.5. The van der Waals surface area contributed by atoms with Gasteiger partial charge in [-0.3, -0.25) is 10.2 Å². The Hall–Kier alpha value is -0.850.